The van der Waals surface area contributed by atoms with Crippen LogP contribution in [-0.4, -0.2) is 7.11 Å². The molecule has 0 bridgehead atoms. The quantitative estimate of drug-likeness (QED) is 0.816. The maximum absolute atomic E-state index is 4.96. The van der Waals surface area contributed by atoms with Crippen molar-refractivity contribution in [2.45, 2.75) is 44.9 Å². The number of hydroxylamine groups is 1. The summed E-state index contributed by atoms with van der Waals surface area (Å²) in [6, 6.07) is 9.03. The monoisotopic (exact) mass is 245 g/mol. The Bertz CT molecular complexity index is 425. The zero-order chi connectivity index (χ0) is 13.2. The van der Waals surface area contributed by atoms with Crippen LogP contribution in [0.3, 0.4) is 0 Å². The SMILES string of the molecule is CONC1=CC(c2ccc(C(C)(C)C)cc2)CC1. The number of rotatable bonds is 3. The zero-order valence-electron chi connectivity index (χ0n) is 11.8. The van der Waals surface area contributed by atoms with E-state index in [0.29, 0.717) is 5.92 Å². The summed E-state index contributed by atoms with van der Waals surface area (Å²) in [5.74, 6) is 0.525. The van der Waals surface area contributed by atoms with E-state index in [4.69, 9.17) is 4.84 Å². The third kappa shape index (κ3) is 2.94. The van der Waals surface area contributed by atoms with Crippen LogP contribution in [-0.2, 0) is 10.3 Å². The fraction of sp³-hybridized carbons (Fsp3) is 0.500. The maximum atomic E-state index is 4.96. The highest BCUT2D eigenvalue weighted by Crippen LogP contribution is 2.32. The summed E-state index contributed by atoms with van der Waals surface area (Å²) < 4.78 is 0. The van der Waals surface area contributed by atoms with Gasteiger partial charge in [0.25, 0.3) is 0 Å². The fourth-order valence-corrected chi connectivity index (χ4v) is 2.43. The van der Waals surface area contributed by atoms with Crippen molar-refractivity contribution in [2.75, 3.05) is 7.11 Å². The lowest BCUT2D eigenvalue weighted by Gasteiger charge is -2.19. The minimum absolute atomic E-state index is 0.229. The molecular formula is C16H23NO. The van der Waals surface area contributed by atoms with Gasteiger partial charge in [-0.15, -0.1) is 0 Å². The highest BCUT2D eigenvalue weighted by Gasteiger charge is 2.19. The summed E-state index contributed by atoms with van der Waals surface area (Å²) in [4.78, 5) is 4.96. The van der Waals surface area contributed by atoms with Crippen LogP contribution >= 0.6 is 0 Å². The van der Waals surface area contributed by atoms with Gasteiger partial charge in [0.05, 0.1) is 7.11 Å². The molecule has 1 N–H and O–H groups in total. The lowest BCUT2D eigenvalue weighted by molar-refractivity contribution is 0.116. The number of hydrogen-bond donors (Lipinski definition) is 1. The summed E-state index contributed by atoms with van der Waals surface area (Å²) in [6.45, 7) is 6.74. The van der Waals surface area contributed by atoms with Crippen molar-refractivity contribution in [3.05, 3.63) is 47.2 Å². The van der Waals surface area contributed by atoms with Crippen molar-refractivity contribution in [3.8, 4) is 0 Å². The van der Waals surface area contributed by atoms with Crippen LogP contribution in [0.5, 0.6) is 0 Å². The van der Waals surface area contributed by atoms with Crippen molar-refractivity contribution in [1.82, 2.24) is 5.48 Å². The molecule has 1 unspecified atom stereocenters. The van der Waals surface area contributed by atoms with E-state index in [1.807, 2.05) is 0 Å². The second-order valence-electron chi connectivity index (χ2n) is 6.02. The molecule has 1 aromatic carbocycles. The Hall–Kier alpha value is -1.28. The second kappa shape index (κ2) is 5.15. The molecule has 1 aliphatic carbocycles. The normalized spacial score (nSPS) is 19.8. The second-order valence-corrected chi connectivity index (χ2v) is 6.02. The van der Waals surface area contributed by atoms with Crippen LogP contribution in [0.2, 0.25) is 0 Å². The third-order valence-electron chi connectivity index (χ3n) is 3.57. The van der Waals surface area contributed by atoms with Crippen molar-refractivity contribution >= 4 is 0 Å². The van der Waals surface area contributed by atoms with Gasteiger partial charge in [0, 0.05) is 11.6 Å². The Morgan fingerprint density at radius 2 is 1.83 bits per heavy atom. The Kier molecular flexibility index (Phi) is 3.76. The number of nitrogens with one attached hydrogen (secondary N) is 1. The number of hydrogen-bond acceptors (Lipinski definition) is 2. The van der Waals surface area contributed by atoms with Crippen LogP contribution in [0.4, 0.5) is 0 Å². The van der Waals surface area contributed by atoms with Gasteiger partial charge in [-0.05, 0) is 29.4 Å². The largest absolute Gasteiger partial charge is 0.280 e. The predicted octanol–water partition coefficient (Wildman–Crippen LogP) is 3.90. The molecule has 1 aliphatic rings. The highest BCUT2D eigenvalue weighted by molar-refractivity contribution is 5.33. The Labute approximate surface area is 110 Å². The molecule has 0 amide bonds. The molecule has 2 nitrogen and oxygen atoms in total. The van der Waals surface area contributed by atoms with Crippen molar-refractivity contribution < 1.29 is 4.84 Å². The first kappa shape index (κ1) is 13.2. The van der Waals surface area contributed by atoms with E-state index in [1.54, 1.807) is 7.11 Å². The van der Waals surface area contributed by atoms with Crippen LogP contribution in [0.25, 0.3) is 0 Å². The van der Waals surface area contributed by atoms with E-state index >= 15 is 0 Å². The molecule has 98 valence electrons. The van der Waals surface area contributed by atoms with Crippen molar-refractivity contribution in [3.63, 3.8) is 0 Å². The average Bonchev–Trinajstić information content (AvgIpc) is 2.77. The van der Waals surface area contributed by atoms with Crippen molar-refractivity contribution in [1.29, 1.82) is 0 Å². The summed E-state index contributed by atoms with van der Waals surface area (Å²) in [6.07, 6.45) is 4.51. The molecule has 0 fully saturated rings. The van der Waals surface area contributed by atoms with Crippen LogP contribution in [0, 0.1) is 0 Å². The minimum atomic E-state index is 0.229. The van der Waals surface area contributed by atoms with E-state index in [2.05, 4.69) is 56.6 Å². The summed E-state index contributed by atoms with van der Waals surface area (Å²) >= 11 is 0. The third-order valence-corrected chi connectivity index (χ3v) is 3.57. The molecule has 2 heteroatoms. The van der Waals surface area contributed by atoms with Crippen LogP contribution in [0.15, 0.2) is 36.0 Å². The summed E-state index contributed by atoms with van der Waals surface area (Å²) in [5, 5.41) is 0. The average molecular weight is 245 g/mol. The molecule has 1 atom stereocenters. The Morgan fingerprint density at radius 3 is 2.39 bits per heavy atom. The fourth-order valence-electron chi connectivity index (χ4n) is 2.43. The van der Waals surface area contributed by atoms with Gasteiger partial charge in [-0.1, -0.05) is 51.1 Å². The van der Waals surface area contributed by atoms with E-state index in [9.17, 15) is 0 Å². The van der Waals surface area contributed by atoms with Gasteiger partial charge in [-0.2, -0.15) is 0 Å². The van der Waals surface area contributed by atoms with E-state index in [0.717, 1.165) is 6.42 Å². The smallest absolute Gasteiger partial charge is 0.0636 e. The van der Waals surface area contributed by atoms with Gasteiger partial charge in [0.2, 0.25) is 0 Å². The van der Waals surface area contributed by atoms with Crippen LogP contribution in [0.1, 0.15) is 50.7 Å². The summed E-state index contributed by atoms with van der Waals surface area (Å²) in [7, 11) is 1.66. The first-order valence-electron chi connectivity index (χ1n) is 6.61. The van der Waals surface area contributed by atoms with Crippen LogP contribution < -0.4 is 5.48 Å². The van der Waals surface area contributed by atoms with E-state index in [-0.39, 0.29) is 5.41 Å². The van der Waals surface area contributed by atoms with Gasteiger partial charge >= 0.3 is 0 Å². The molecule has 0 heterocycles. The topological polar surface area (TPSA) is 21.3 Å². The molecule has 2 rings (SSSR count). The molecule has 0 saturated heterocycles. The molecule has 0 saturated carbocycles. The lowest BCUT2D eigenvalue weighted by Crippen LogP contribution is -2.10. The van der Waals surface area contributed by atoms with E-state index < -0.39 is 0 Å². The lowest BCUT2D eigenvalue weighted by atomic mass is 9.85. The Morgan fingerprint density at radius 1 is 1.17 bits per heavy atom. The van der Waals surface area contributed by atoms with Gasteiger partial charge in [0.15, 0.2) is 0 Å². The Balaban J connectivity index is 2.12. The highest BCUT2D eigenvalue weighted by atomic mass is 16.6. The van der Waals surface area contributed by atoms with E-state index in [1.165, 1.54) is 23.2 Å². The number of benzene rings is 1. The van der Waals surface area contributed by atoms with Gasteiger partial charge < -0.3 is 0 Å². The molecule has 0 aromatic heterocycles. The van der Waals surface area contributed by atoms with Gasteiger partial charge in [0.1, 0.15) is 0 Å². The first-order valence-corrected chi connectivity index (χ1v) is 6.61. The summed E-state index contributed by atoms with van der Waals surface area (Å²) in [5.41, 5.74) is 7.16. The van der Waals surface area contributed by atoms with Gasteiger partial charge in [-0.3, -0.25) is 10.3 Å². The number of allylic oxidation sites excluding steroid dienone is 2. The van der Waals surface area contributed by atoms with Crippen molar-refractivity contribution in [2.24, 2.45) is 0 Å². The molecule has 0 radical (unpaired) electrons. The molecule has 1 aromatic rings. The molecule has 0 aliphatic heterocycles. The maximum Gasteiger partial charge on any atom is 0.0636 e. The first-order chi connectivity index (χ1) is 8.50. The zero-order valence-corrected chi connectivity index (χ0v) is 11.8. The molecule has 18 heavy (non-hydrogen) atoms. The standard InChI is InChI=1S/C16H23NO/c1-16(2,3)14-8-5-12(6-9-14)13-7-10-15(11-13)17-18-4/h5-6,8-9,11,13,17H,7,10H2,1-4H3. The minimum Gasteiger partial charge on any atom is -0.280 e. The van der Waals surface area contributed by atoms with Gasteiger partial charge in [-0.25, -0.2) is 0 Å². The predicted molar refractivity (Wildman–Crippen MR) is 75.3 cm³/mol. The molecular weight excluding hydrogens is 222 g/mol. The molecule has 0 spiro atoms.